The molecule has 2 heterocycles. The monoisotopic (exact) mass is 602 g/mol. The second-order valence-electron chi connectivity index (χ2n) is 9.27. The van der Waals surface area contributed by atoms with Crippen LogP contribution in [0.2, 0.25) is 10.0 Å². The number of pyridine rings is 2. The summed E-state index contributed by atoms with van der Waals surface area (Å²) >= 11 is 12.8. The summed E-state index contributed by atoms with van der Waals surface area (Å²) in [5.41, 5.74) is 3.18. The lowest BCUT2D eigenvalue weighted by molar-refractivity contribution is -0.377. The second-order valence-corrected chi connectivity index (χ2v) is 10.1. The van der Waals surface area contributed by atoms with Crippen LogP contribution in [0.1, 0.15) is 47.0 Å². The van der Waals surface area contributed by atoms with Crippen molar-refractivity contribution in [3.05, 3.63) is 112 Å². The number of carbonyl (C=O) groups is 1. The maximum atomic E-state index is 13.3. The van der Waals surface area contributed by atoms with E-state index in [1.54, 1.807) is 50.8 Å². The molecule has 0 fully saturated rings. The fourth-order valence-corrected chi connectivity index (χ4v) is 4.51. The van der Waals surface area contributed by atoms with E-state index in [0.29, 0.717) is 33.3 Å². The summed E-state index contributed by atoms with van der Waals surface area (Å²) in [5, 5.41) is 3.96. The number of hydrogen-bond acceptors (Lipinski definition) is 6. The molecule has 0 radical (unpaired) electrons. The molecular formula is C30H28Cl2F2N3O4+. The van der Waals surface area contributed by atoms with Crippen molar-refractivity contribution in [3.63, 3.8) is 0 Å². The van der Waals surface area contributed by atoms with E-state index in [1.807, 2.05) is 24.3 Å². The number of ether oxygens (including phenoxy) is 3. The number of nitrogens with zero attached hydrogens (tertiary/aromatic N) is 1. The molecule has 0 aliphatic heterocycles. The van der Waals surface area contributed by atoms with Crippen LogP contribution in [0.5, 0.6) is 11.5 Å². The molecule has 41 heavy (non-hydrogen) atoms. The van der Waals surface area contributed by atoms with Gasteiger partial charge in [0, 0.05) is 30.9 Å². The standard InChI is InChI=1S/C30H27Cl2F2N3O4/c1-18(2)39-28-12-21(9-10-26(28)41-30(33)34)27(13-23-24(31)16-36-17-25(23)32)40-29(38)20-7-5-19(6-8-20)14-37-22-4-3-11-35-15-22/h3-12,15-18,27,30,37H,13-14H2,1-2H3/p+1/t27-/m0/s1. The van der Waals surface area contributed by atoms with Crippen LogP contribution >= 0.6 is 23.2 Å². The van der Waals surface area contributed by atoms with Gasteiger partial charge >= 0.3 is 12.6 Å². The Morgan fingerprint density at radius 3 is 2.37 bits per heavy atom. The molecule has 0 amide bonds. The summed E-state index contributed by atoms with van der Waals surface area (Å²) in [7, 11) is 0. The minimum absolute atomic E-state index is 0.0860. The number of halogens is 4. The number of alkyl halides is 2. The first-order valence-corrected chi connectivity index (χ1v) is 13.5. The SMILES string of the molecule is CC(C)Oc1cc([C@H](Cc2c(Cl)c[nH+]cc2Cl)OC(=O)c2ccc(CNc3cccnc3)cc2)ccc1OC(F)F. The Kier molecular flexibility index (Phi) is 10.3. The normalized spacial score (nSPS) is 11.8. The van der Waals surface area contributed by atoms with Crippen LogP contribution in [-0.4, -0.2) is 23.7 Å². The number of rotatable bonds is 12. The average Bonchev–Trinajstić information content (AvgIpc) is 2.94. The van der Waals surface area contributed by atoms with Crippen molar-refractivity contribution >= 4 is 34.9 Å². The zero-order valence-electron chi connectivity index (χ0n) is 22.2. The Hall–Kier alpha value is -3.95. The van der Waals surface area contributed by atoms with Crippen molar-refractivity contribution in [2.24, 2.45) is 0 Å². The summed E-state index contributed by atoms with van der Waals surface area (Å²) in [5.74, 6) is -0.637. The minimum Gasteiger partial charge on any atom is -0.487 e. The maximum Gasteiger partial charge on any atom is 0.387 e. The topological polar surface area (TPSA) is 83.8 Å². The number of aromatic nitrogens is 2. The highest BCUT2D eigenvalue weighted by atomic mass is 35.5. The highest BCUT2D eigenvalue weighted by molar-refractivity contribution is 6.35. The third-order valence-electron chi connectivity index (χ3n) is 5.90. The molecule has 0 saturated heterocycles. The van der Waals surface area contributed by atoms with Gasteiger partial charge in [-0.15, -0.1) is 0 Å². The number of hydrogen-bond donors (Lipinski definition) is 1. The molecule has 0 spiro atoms. The maximum absolute atomic E-state index is 13.3. The molecule has 2 aromatic carbocycles. The highest BCUT2D eigenvalue weighted by Crippen LogP contribution is 2.36. The van der Waals surface area contributed by atoms with Crippen LogP contribution in [0.3, 0.4) is 0 Å². The van der Waals surface area contributed by atoms with E-state index in [0.717, 1.165) is 11.3 Å². The Morgan fingerprint density at radius 2 is 1.73 bits per heavy atom. The van der Waals surface area contributed by atoms with Gasteiger partial charge in [-0.1, -0.05) is 41.4 Å². The molecule has 11 heteroatoms. The predicted molar refractivity (Wildman–Crippen MR) is 152 cm³/mol. The lowest BCUT2D eigenvalue weighted by atomic mass is 10.0. The molecule has 1 atom stereocenters. The third-order valence-corrected chi connectivity index (χ3v) is 6.58. The van der Waals surface area contributed by atoms with E-state index in [4.69, 9.17) is 32.7 Å². The molecule has 0 aliphatic rings. The van der Waals surface area contributed by atoms with Crippen LogP contribution in [0.4, 0.5) is 14.5 Å². The highest BCUT2D eigenvalue weighted by Gasteiger charge is 2.25. The summed E-state index contributed by atoms with van der Waals surface area (Å²) in [6.45, 7) is 1.01. The molecule has 0 aliphatic carbocycles. The number of H-pyrrole nitrogens is 1. The van der Waals surface area contributed by atoms with E-state index in [-0.39, 0.29) is 24.0 Å². The number of esters is 1. The van der Waals surface area contributed by atoms with Gasteiger partial charge in [-0.2, -0.15) is 8.78 Å². The van der Waals surface area contributed by atoms with Gasteiger partial charge in [-0.05, 0) is 61.4 Å². The fourth-order valence-electron chi connectivity index (χ4n) is 3.98. The first-order valence-electron chi connectivity index (χ1n) is 12.7. The Morgan fingerprint density at radius 1 is 1.00 bits per heavy atom. The molecule has 2 aromatic heterocycles. The Bertz CT molecular complexity index is 1440. The quantitative estimate of drug-likeness (QED) is 0.171. The van der Waals surface area contributed by atoms with E-state index < -0.39 is 18.7 Å². The summed E-state index contributed by atoms with van der Waals surface area (Å²) < 4.78 is 42.3. The number of aromatic amines is 1. The number of carbonyl (C=O) groups excluding carboxylic acids is 1. The smallest absolute Gasteiger partial charge is 0.387 e. The molecule has 4 aromatic rings. The van der Waals surface area contributed by atoms with E-state index in [9.17, 15) is 13.6 Å². The number of anilines is 1. The molecular weight excluding hydrogens is 575 g/mol. The Labute approximate surface area is 246 Å². The second kappa shape index (κ2) is 14.1. The van der Waals surface area contributed by atoms with Crippen LogP contribution in [-0.2, 0) is 17.7 Å². The summed E-state index contributed by atoms with van der Waals surface area (Å²) in [6.07, 6.45) is 5.44. The van der Waals surface area contributed by atoms with Gasteiger partial charge in [-0.3, -0.25) is 4.98 Å². The van der Waals surface area contributed by atoms with Gasteiger partial charge in [0.25, 0.3) is 0 Å². The van der Waals surface area contributed by atoms with Gasteiger partial charge in [0.05, 0.1) is 17.4 Å². The predicted octanol–water partition coefficient (Wildman–Crippen LogP) is 7.34. The molecule has 2 N–H and O–H groups in total. The van der Waals surface area contributed by atoms with E-state index >= 15 is 0 Å². The van der Waals surface area contributed by atoms with Crippen LogP contribution in [0.25, 0.3) is 0 Å². The van der Waals surface area contributed by atoms with Crippen molar-refractivity contribution in [1.29, 1.82) is 0 Å². The van der Waals surface area contributed by atoms with Gasteiger partial charge in [-0.25, -0.2) is 9.78 Å². The Balaban J connectivity index is 1.59. The van der Waals surface area contributed by atoms with Crippen molar-refractivity contribution in [2.45, 2.75) is 45.6 Å². The van der Waals surface area contributed by atoms with Crippen LogP contribution < -0.4 is 19.8 Å². The van der Waals surface area contributed by atoms with Crippen molar-refractivity contribution in [2.75, 3.05) is 5.32 Å². The summed E-state index contributed by atoms with van der Waals surface area (Å²) in [4.78, 5) is 20.2. The van der Waals surface area contributed by atoms with Crippen molar-refractivity contribution < 1.29 is 32.8 Å². The van der Waals surface area contributed by atoms with E-state index in [2.05, 4.69) is 20.0 Å². The molecule has 4 rings (SSSR count). The molecule has 0 bridgehead atoms. The van der Waals surface area contributed by atoms with Gasteiger partial charge in [0.2, 0.25) is 0 Å². The minimum atomic E-state index is -3.04. The lowest BCUT2D eigenvalue weighted by Crippen LogP contribution is -2.16. The van der Waals surface area contributed by atoms with Crippen molar-refractivity contribution in [1.82, 2.24) is 4.98 Å². The molecule has 0 saturated carbocycles. The molecule has 7 nitrogen and oxygen atoms in total. The first kappa shape index (κ1) is 30.0. The average molecular weight is 603 g/mol. The van der Waals surface area contributed by atoms with Gasteiger partial charge < -0.3 is 19.5 Å². The van der Waals surface area contributed by atoms with Gasteiger partial charge in [0.15, 0.2) is 23.9 Å². The lowest BCUT2D eigenvalue weighted by Gasteiger charge is -2.22. The van der Waals surface area contributed by atoms with Gasteiger partial charge in [0.1, 0.15) is 16.1 Å². The number of benzene rings is 2. The van der Waals surface area contributed by atoms with Crippen LogP contribution in [0.15, 0.2) is 79.4 Å². The molecule has 214 valence electrons. The number of nitrogens with one attached hydrogen (secondary N) is 2. The van der Waals surface area contributed by atoms with E-state index in [1.165, 1.54) is 18.2 Å². The fraction of sp³-hybridized carbons (Fsp3) is 0.233. The molecule has 0 unspecified atom stereocenters. The van der Waals surface area contributed by atoms with Crippen molar-refractivity contribution in [3.8, 4) is 11.5 Å². The van der Waals surface area contributed by atoms with Crippen LogP contribution in [0, 0.1) is 0 Å². The third kappa shape index (κ3) is 8.52. The first-order chi connectivity index (χ1) is 19.7. The zero-order chi connectivity index (χ0) is 29.4. The zero-order valence-corrected chi connectivity index (χ0v) is 23.8. The summed E-state index contributed by atoms with van der Waals surface area (Å²) in [6, 6.07) is 15.1. The largest absolute Gasteiger partial charge is 0.487 e.